The highest BCUT2D eigenvalue weighted by Crippen LogP contribution is 2.24. The van der Waals surface area contributed by atoms with Crippen LogP contribution < -0.4 is 5.32 Å². The molecule has 0 saturated carbocycles. The first-order valence-electron chi connectivity index (χ1n) is 7.12. The predicted molar refractivity (Wildman–Crippen MR) is 83.1 cm³/mol. The molecule has 2 aromatic carbocycles. The van der Waals surface area contributed by atoms with E-state index in [-0.39, 0.29) is 5.82 Å². The summed E-state index contributed by atoms with van der Waals surface area (Å²) in [5, 5.41) is 3.00. The van der Waals surface area contributed by atoms with Crippen LogP contribution in [0.25, 0.3) is 11.1 Å². The molecule has 0 bridgehead atoms. The number of nitrogens with one attached hydrogen (secondary N) is 1. The van der Waals surface area contributed by atoms with E-state index in [2.05, 4.69) is 43.4 Å². The monoisotopic (exact) mass is 271 g/mol. The fourth-order valence-electron chi connectivity index (χ4n) is 2.43. The molecular weight excluding hydrogens is 249 g/mol. The van der Waals surface area contributed by atoms with Gasteiger partial charge in [-0.1, -0.05) is 44.2 Å². The molecule has 2 rings (SSSR count). The van der Waals surface area contributed by atoms with Crippen molar-refractivity contribution in [3.63, 3.8) is 0 Å². The molecule has 2 aromatic rings. The molecule has 0 atom stereocenters. The van der Waals surface area contributed by atoms with Gasteiger partial charge in [0, 0.05) is 12.1 Å². The summed E-state index contributed by atoms with van der Waals surface area (Å²) in [6.07, 6.45) is 1.07. The Morgan fingerprint density at radius 1 is 1.05 bits per heavy atom. The molecule has 0 unspecified atom stereocenters. The minimum absolute atomic E-state index is 0.151. The second-order valence-electron chi connectivity index (χ2n) is 5.63. The van der Waals surface area contributed by atoms with E-state index in [1.54, 1.807) is 6.07 Å². The number of rotatable bonds is 5. The Kier molecular flexibility index (Phi) is 4.91. The van der Waals surface area contributed by atoms with Crippen molar-refractivity contribution in [1.29, 1.82) is 0 Å². The molecule has 0 amide bonds. The van der Waals surface area contributed by atoms with Crippen molar-refractivity contribution >= 4 is 0 Å². The second-order valence-corrected chi connectivity index (χ2v) is 5.63. The molecule has 20 heavy (non-hydrogen) atoms. The highest BCUT2D eigenvalue weighted by atomic mass is 19.1. The number of hydrogen-bond acceptors (Lipinski definition) is 1. The lowest BCUT2D eigenvalue weighted by atomic mass is 9.97. The first kappa shape index (κ1) is 14.7. The molecule has 0 aliphatic heterocycles. The van der Waals surface area contributed by atoms with Gasteiger partial charge in [-0.3, -0.25) is 0 Å². The minimum Gasteiger partial charge on any atom is -0.316 e. The lowest BCUT2D eigenvalue weighted by molar-refractivity contribution is 0.601. The zero-order chi connectivity index (χ0) is 14.5. The van der Waals surface area contributed by atoms with Crippen molar-refractivity contribution in [2.24, 2.45) is 5.92 Å². The molecule has 0 aromatic heterocycles. The van der Waals surface area contributed by atoms with Crippen molar-refractivity contribution in [1.82, 2.24) is 5.32 Å². The van der Waals surface area contributed by atoms with Crippen LogP contribution in [0.5, 0.6) is 0 Å². The number of halogens is 1. The van der Waals surface area contributed by atoms with Gasteiger partial charge in [0.25, 0.3) is 0 Å². The van der Waals surface area contributed by atoms with E-state index in [1.165, 1.54) is 5.56 Å². The normalized spacial score (nSPS) is 11.1. The molecule has 106 valence electrons. The van der Waals surface area contributed by atoms with E-state index in [0.29, 0.717) is 18.0 Å². The van der Waals surface area contributed by atoms with Crippen molar-refractivity contribution in [3.8, 4) is 11.1 Å². The fourth-order valence-corrected chi connectivity index (χ4v) is 2.43. The van der Waals surface area contributed by atoms with Gasteiger partial charge in [-0.15, -0.1) is 0 Å². The van der Waals surface area contributed by atoms with Crippen LogP contribution in [0.15, 0.2) is 42.5 Å². The molecule has 0 fully saturated rings. The van der Waals surface area contributed by atoms with Gasteiger partial charge < -0.3 is 5.32 Å². The topological polar surface area (TPSA) is 12.0 Å². The van der Waals surface area contributed by atoms with Crippen LogP contribution in [0.3, 0.4) is 0 Å². The maximum absolute atomic E-state index is 13.7. The van der Waals surface area contributed by atoms with Crippen LogP contribution in [0.4, 0.5) is 4.39 Å². The van der Waals surface area contributed by atoms with E-state index < -0.39 is 0 Å². The Hall–Kier alpha value is -1.67. The van der Waals surface area contributed by atoms with Gasteiger partial charge in [0.2, 0.25) is 0 Å². The Balaban J connectivity index is 2.33. The van der Waals surface area contributed by atoms with Gasteiger partial charge in [-0.25, -0.2) is 4.39 Å². The predicted octanol–water partition coefficient (Wildman–Crippen LogP) is 4.41. The minimum atomic E-state index is -0.151. The van der Waals surface area contributed by atoms with Crippen LogP contribution in [-0.2, 0) is 13.0 Å². The molecule has 1 nitrogen and oxygen atoms in total. The first-order chi connectivity index (χ1) is 9.60. The Morgan fingerprint density at radius 2 is 1.80 bits per heavy atom. The summed E-state index contributed by atoms with van der Waals surface area (Å²) in [5.41, 5.74) is 4.26. The van der Waals surface area contributed by atoms with E-state index >= 15 is 0 Å². The third-order valence-corrected chi connectivity index (χ3v) is 3.32. The summed E-state index contributed by atoms with van der Waals surface area (Å²) in [6, 6.07) is 13.9. The quantitative estimate of drug-likeness (QED) is 0.849. The number of benzene rings is 2. The molecule has 0 aliphatic carbocycles. The van der Waals surface area contributed by atoms with Crippen LogP contribution in [0.1, 0.15) is 25.0 Å². The van der Waals surface area contributed by atoms with Crippen molar-refractivity contribution in [2.75, 3.05) is 7.05 Å². The summed E-state index contributed by atoms with van der Waals surface area (Å²) < 4.78 is 13.7. The average Bonchev–Trinajstić information content (AvgIpc) is 2.41. The van der Waals surface area contributed by atoms with Gasteiger partial charge in [0.1, 0.15) is 5.82 Å². The maximum atomic E-state index is 13.7. The van der Waals surface area contributed by atoms with E-state index in [1.807, 2.05) is 19.2 Å². The van der Waals surface area contributed by atoms with E-state index in [9.17, 15) is 4.39 Å². The zero-order valence-corrected chi connectivity index (χ0v) is 12.4. The van der Waals surface area contributed by atoms with Gasteiger partial charge in [-0.2, -0.15) is 0 Å². The zero-order valence-electron chi connectivity index (χ0n) is 12.4. The van der Waals surface area contributed by atoms with Crippen molar-refractivity contribution in [3.05, 3.63) is 59.4 Å². The van der Waals surface area contributed by atoms with Crippen LogP contribution in [-0.4, -0.2) is 7.05 Å². The van der Waals surface area contributed by atoms with Gasteiger partial charge in [-0.05, 0) is 48.2 Å². The lowest BCUT2D eigenvalue weighted by Gasteiger charge is -2.10. The van der Waals surface area contributed by atoms with Crippen molar-refractivity contribution < 1.29 is 4.39 Å². The summed E-state index contributed by atoms with van der Waals surface area (Å²) in [4.78, 5) is 0. The maximum Gasteiger partial charge on any atom is 0.127 e. The summed E-state index contributed by atoms with van der Waals surface area (Å²) >= 11 is 0. The van der Waals surface area contributed by atoms with Crippen LogP contribution >= 0.6 is 0 Å². The average molecular weight is 271 g/mol. The van der Waals surface area contributed by atoms with E-state index in [0.717, 1.165) is 17.5 Å². The third-order valence-electron chi connectivity index (χ3n) is 3.32. The smallest absolute Gasteiger partial charge is 0.127 e. The van der Waals surface area contributed by atoms with Gasteiger partial charge in [0.15, 0.2) is 0 Å². The highest BCUT2D eigenvalue weighted by Gasteiger charge is 2.06. The molecule has 0 heterocycles. The number of hydrogen-bond donors (Lipinski definition) is 1. The molecule has 1 N–H and O–H groups in total. The standard InChI is InChI=1S/C18H22FN/c1-13(2)9-14-5-4-6-15(10-14)16-7-8-18(19)17(11-16)12-20-3/h4-8,10-11,13,20H,9,12H2,1-3H3. The molecule has 0 radical (unpaired) electrons. The summed E-state index contributed by atoms with van der Waals surface area (Å²) in [6.45, 7) is 4.98. The van der Waals surface area contributed by atoms with E-state index in [4.69, 9.17) is 0 Å². The SMILES string of the molecule is CNCc1cc(-c2cccc(CC(C)C)c2)ccc1F. The Labute approximate surface area is 120 Å². The van der Waals surface area contributed by atoms with Gasteiger partial charge >= 0.3 is 0 Å². The molecule has 0 aliphatic rings. The van der Waals surface area contributed by atoms with Crippen molar-refractivity contribution in [2.45, 2.75) is 26.8 Å². The molecule has 2 heteroatoms. The largest absolute Gasteiger partial charge is 0.316 e. The summed E-state index contributed by atoms with van der Waals surface area (Å²) in [7, 11) is 1.83. The van der Waals surface area contributed by atoms with Crippen LogP contribution in [0.2, 0.25) is 0 Å². The van der Waals surface area contributed by atoms with Crippen LogP contribution in [0, 0.1) is 11.7 Å². The Bertz CT molecular complexity index is 575. The Morgan fingerprint density at radius 3 is 2.50 bits per heavy atom. The lowest BCUT2D eigenvalue weighted by Crippen LogP contribution is -2.07. The van der Waals surface area contributed by atoms with Gasteiger partial charge in [0.05, 0.1) is 0 Å². The fraction of sp³-hybridized carbons (Fsp3) is 0.333. The molecular formula is C18H22FN. The highest BCUT2D eigenvalue weighted by molar-refractivity contribution is 5.65. The molecule has 0 saturated heterocycles. The first-order valence-corrected chi connectivity index (χ1v) is 7.12. The third kappa shape index (κ3) is 3.67. The summed E-state index contributed by atoms with van der Waals surface area (Å²) in [5.74, 6) is 0.486. The molecule has 0 spiro atoms. The second kappa shape index (κ2) is 6.67.